The van der Waals surface area contributed by atoms with Gasteiger partial charge in [-0.2, -0.15) is 11.8 Å². The van der Waals surface area contributed by atoms with Crippen molar-refractivity contribution in [3.8, 4) is 0 Å². The van der Waals surface area contributed by atoms with Crippen LogP contribution in [0.1, 0.15) is 35.7 Å². The van der Waals surface area contributed by atoms with Crippen LogP contribution in [0.3, 0.4) is 0 Å². The average Bonchev–Trinajstić information content (AvgIpc) is 2.85. The third-order valence-electron chi connectivity index (χ3n) is 2.33. The van der Waals surface area contributed by atoms with Gasteiger partial charge < -0.3 is 5.32 Å². The van der Waals surface area contributed by atoms with E-state index >= 15 is 0 Å². The minimum atomic E-state index is 0.690. The molecule has 0 spiro atoms. The molecule has 2 nitrogen and oxygen atoms in total. The first kappa shape index (κ1) is 10.5. The Morgan fingerprint density at radius 2 is 2.57 bits per heavy atom. The second-order valence-corrected chi connectivity index (χ2v) is 5.66. The van der Waals surface area contributed by atoms with Gasteiger partial charge in [-0.15, -0.1) is 11.3 Å². The number of nitrogens with zero attached hydrogens (tertiary/aromatic N) is 1. The molecule has 1 aliphatic rings. The molecule has 1 aliphatic heterocycles. The summed E-state index contributed by atoms with van der Waals surface area (Å²) in [5, 5.41) is 7.52. The van der Waals surface area contributed by atoms with Crippen LogP contribution in [0.25, 0.3) is 0 Å². The molecule has 0 amide bonds. The van der Waals surface area contributed by atoms with Gasteiger partial charge in [-0.25, -0.2) is 4.98 Å². The number of hydrogen-bond donors (Lipinski definition) is 1. The van der Waals surface area contributed by atoms with Crippen LogP contribution in [-0.4, -0.2) is 17.3 Å². The summed E-state index contributed by atoms with van der Waals surface area (Å²) >= 11 is 3.89. The van der Waals surface area contributed by atoms with Gasteiger partial charge in [0.05, 0.1) is 10.9 Å². The van der Waals surface area contributed by atoms with Gasteiger partial charge in [0.25, 0.3) is 0 Å². The number of rotatable bonds is 4. The second kappa shape index (κ2) is 5.14. The van der Waals surface area contributed by atoms with Gasteiger partial charge in [0, 0.05) is 11.9 Å². The van der Waals surface area contributed by atoms with Crippen molar-refractivity contribution in [3.63, 3.8) is 0 Å². The zero-order chi connectivity index (χ0) is 9.80. The smallest absolute Gasteiger partial charge is 0.106 e. The maximum absolute atomic E-state index is 4.66. The van der Waals surface area contributed by atoms with Crippen LogP contribution in [0.4, 0.5) is 0 Å². The first-order valence-electron chi connectivity index (χ1n) is 5.16. The Hall–Kier alpha value is -0.0600. The maximum Gasteiger partial charge on any atom is 0.106 e. The van der Waals surface area contributed by atoms with Crippen LogP contribution in [0, 0.1) is 0 Å². The number of nitrogens with one attached hydrogen (secondary N) is 1. The van der Waals surface area contributed by atoms with Crippen LogP contribution >= 0.6 is 23.1 Å². The topological polar surface area (TPSA) is 24.9 Å². The van der Waals surface area contributed by atoms with Crippen LogP contribution in [0.15, 0.2) is 5.38 Å². The summed E-state index contributed by atoms with van der Waals surface area (Å²) in [7, 11) is 0. The lowest BCUT2D eigenvalue weighted by Gasteiger charge is -2.02. The van der Waals surface area contributed by atoms with E-state index < -0.39 is 0 Å². The van der Waals surface area contributed by atoms with Gasteiger partial charge in [-0.3, -0.25) is 0 Å². The predicted molar refractivity (Wildman–Crippen MR) is 63.9 cm³/mol. The Bertz CT molecular complexity index is 279. The average molecular weight is 228 g/mol. The van der Waals surface area contributed by atoms with E-state index in [1.807, 2.05) is 11.3 Å². The van der Waals surface area contributed by atoms with E-state index in [0.717, 1.165) is 13.1 Å². The Morgan fingerprint density at radius 3 is 3.29 bits per heavy atom. The third kappa shape index (κ3) is 2.49. The van der Waals surface area contributed by atoms with Crippen molar-refractivity contribution in [1.29, 1.82) is 0 Å². The molecule has 0 radical (unpaired) electrons. The van der Waals surface area contributed by atoms with Gasteiger partial charge in [0.1, 0.15) is 5.01 Å². The molecule has 1 aromatic rings. The molecule has 1 aromatic heterocycles. The van der Waals surface area contributed by atoms with E-state index in [4.69, 9.17) is 0 Å². The second-order valence-electron chi connectivity index (χ2n) is 3.46. The van der Waals surface area contributed by atoms with Crippen molar-refractivity contribution in [2.45, 2.75) is 31.6 Å². The van der Waals surface area contributed by atoms with Crippen molar-refractivity contribution in [2.24, 2.45) is 0 Å². The monoisotopic (exact) mass is 228 g/mol. The SMILES string of the molecule is CCNCc1csc(C2CCCS2)n1. The highest BCUT2D eigenvalue weighted by Crippen LogP contribution is 2.40. The predicted octanol–water partition coefficient (Wildman–Crippen LogP) is 2.82. The summed E-state index contributed by atoms with van der Waals surface area (Å²) in [6.07, 6.45) is 2.68. The molecule has 78 valence electrons. The fourth-order valence-corrected chi connectivity index (χ4v) is 3.93. The quantitative estimate of drug-likeness (QED) is 0.858. The molecule has 2 rings (SSSR count). The summed E-state index contributed by atoms with van der Waals surface area (Å²) in [5.41, 5.74) is 1.21. The number of aromatic nitrogens is 1. The normalized spacial score (nSPS) is 21.6. The Labute approximate surface area is 93.5 Å². The van der Waals surface area contributed by atoms with E-state index in [1.54, 1.807) is 0 Å². The highest BCUT2D eigenvalue weighted by Gasteiger charge is 2.20. The summed E-state index contributed by atoms with van der Waals surface area (Å²) in [4.78, 5) is 4.66. The van der Waals surface area contributed by atoms with Crippen molar-refractivity contribution < 1.29 is 0 Å². The van der Waals surface area contributed by atoms with E-state index in [0.29, 0.717) is 5.25 Å². The number of hydrogen-bond acceptors (Lipinski definition) is 4. The Kier molecular flexibility index (Phi) is 3.84. The summed E-state index contributed by atoms with van der Waals surface area (Å²) in [5.74, 6) is 1.31. The number of thioether (sulfide) groups is 1. The van der Waals surface area contributed by atoms with Gasteiger partial charge >= 0.3 is 0 Å². The molecule has 1 N–H and O–H groups in total. The first-order valence-corrected chi connectivity index (χ1v) is 7.09. The molecule has 4 heteroatoms. The van der Waals surface area contributed by atoms with Gasteiger partial charge in [-0.1, -0.05) is 6.92 Å². The largest absolute Gasteiger partial charge is 0.311 e. The van der Waals surface area contributed by atoms with E-state index in [2.05, 4.69) is 34.4 Å². The van der Waals surface area contributed by atoms with Crippen LogP contribution in [-0.2, 0) is 6.54 Å². The molecule has 1 unspecified atom stereocenters. The van der Waals surface area contributed by atoms with Crippen molar-refractivity contribution in [3.05, 3.63) is 16.1 Å². The molecule has 1 saturated heterocycles. The van der Waals surface area contributed by atoms with Gasteiger partial charge in [-0.05, 0) is 25.1 Å². The summed E-state index contributed by atoms with van der Waals surface area (Å²) < 4.78 is 0. The molecular weight excluding hydrogens is 212 g/mol. The molecule has 0 saturated carbocycles. The van der Waals surface area contributed by atoms with Gasteiger partial charge in [0.15, 0.2) is 0 Å². The van der Waals surface area contributed by atoms with E-state index in [9.17, 15) is 0 Å². The van der Waals surface area contributed by atoms with Crippen LogP contribution in [0.5, 0.6) is 0 Å². The maximum atomic E-state index is 4.66. The Balaban J connectivity index is 1.94. The molecule has 1 fully saturated rings. The van der Waals surface area contributed by atoms with Crippen LogP contribution < -0.4 is 5.32 Å². The van der Waals surface area contributed by atoms with E-state index in [-0.39, 0.29) is 0 Å². The lowest BCUT2D eigenvalue weighted by molar-refractivity contribution is 0.709. The van der Waals surface area contributed by atoms with E-state index in [1.165, 1.54) is 29.3 Å². The minimum absolute atomic E-state index is 0.690. The molecule has 14 heavy (non-hydrogen) atoms. The van der Waals surface area contributed by atoms with Crippen molar-refractivity contribution >= 4 is 23.1 Å². The van der Waals surface area contributed by atoms with Crippen molar-refractivity contribution in [2.75, 3.05) is 12.3 Å². The van der Waals surface area contributed by atoms with Crippen LogP contribution in [0.2, 0.25) is 0 Å². The molecule has 1 atom stereocenters. The lowest BCUT2D eigenvalue weighted by atomic mass is 10.3. The standard InChI is InChI=1S/C10H16N2S2/c1-2-11-6-8-7-14-10(12-8)9-4-3-5-13-9/h7,9,11H,2-6H2,1H3. The highest BCUT2D eigenvalue weighted by atomic mass is 32.2. The zero-order valence-electron chi connectivity index (χ0n) is 8.45. The molecule has 2 heterocycles. The molecule has 0 aliphatic carbocycles. The third-order valence-corrected chi connectivity index (χ3v) is 4.87. The number of thiazole rings is 1. The molecule has 0 bridgehead atoms. The Morgan fingerprint density at radius 1 is 1.64 bits per heavy atom. The summed E-state index contributed by atoms with van der Waals surface area (Å²) in [6.45, 7) is 4.07. The minimum Gasteiger partial charge on any atom is -0.311 e. The first-order chi connectivity index (χ1) is 6.90. The fourth-order valence-electron chi connectivity index (χ4n) is 1.58. The molecular formula is C10H16N2S2. The van der Waals surface area contributed by atoms with Gasteiger partial charge in [0.2, 0.25) is 0 Å². The summed E-state index contributed by atoms with van der Waals surface area (Å²) in [6, 6.07) is 0. The van der Waals surface area contributed by atoms with Crippen molar-refractivity contribution in [1.82, 2.24) is 10.3 Å². The molecule has 0 aromatic carbocycles. The zero-order valence-corrected chi connectivity index (χ0v) is 10.1. The fraction of sp³-hybridized carbons (Fsp3) is 0.700. The highest BCUT2D eigenvalue weighted by molar-refractivity contribution is 7.99. The lowest BCUT2D eigenvalue weighted by Crippen LogP contribution is -2.11.